The number of rotatable bonds is 7. The summed E-state index contributed by atoms with van der Waals surface area (Å²) in [6, 6.07) is 7.15. The largest absolute Gasteiger partial charge is 0.270 e. The Balaban J connectivity index is 2.16. The first kappa shape index (κ1) is 18.7. The third kappa shape index (κ3) is 3.87. The van der Waals surface area contributed by atoms with Gasteiger partial charge in [-0.1, -0.05) is 26.0 Å². The van der Waals surface area contributed by atoms with Crippen LogP contribution in [0.2, 0.25) is 0 Å². The molecule has 132 valence electrons. The molecule has 0 saturated carbocycles. The van der Waals surface area contributed by atoms with Crippen molar-refractivity contribution in [1.29, 1.82) is 0 Å². The number of benzene rings is 1. The molecule has 0 radical (unpaired) electrons. The Bertz CT molecular complexity index is 792. The molecule has 0 aliphatic rings. The molecule has 0 amide bonds. The highest BCUT2D eigenvalue weighted by atomic mass is 32.2. The fourth-order valence-electron chi connectivity index (χ4n) is 2.76. The second kappa shape index (κ2) is 7.49. The predicted molar refractivity (Wildman–Crippen MR) is 96.5 cm³/mol. The Morgan fingerprint density at radius 1 is 1.17 bits per heavy atom. The molecule has 1 unspecified atom stereocenters. The molecule has 0 bridgehead atoms. The van der Waals surface area contributed by atoms with Gasteiger partial charge in [0.15, 0.2) is 0 Å². The van der Waals surface area contributed by atoms with Crippen LogP contribution >= 0.6 is 0 Å². The third-order valence-electron chi connectivity index (χ3n) is 4.64. The Morgan fingerprint density at radius 3 is 2.29 bits per heavy atom. The summed E-state index contributed by atoms with van der Waals surface area (Å²) in [5.41, 5.74) is 3.97. The van der Waals surface area contributed by atoms with Crippen LogP contribution in [0.15, 0.2) is 29.2 Å². The fourth-order valence-corrected chi connectivity index (χ4v) is 3.75. The summed E-state index contributed by atoms with van der Waals surface area (Å²) >= 11 is 0. The summed E-state index contributed by atoms with van der Waals surface area (Å²) in [7, 11) is -3.53. The molecule has 5 nitrogen and oxygen atoms in total. The summed E-state index contributed by atoms with van der Waals surface area (Å²) in [5.74, 6) is 0.430. The number of hydrogen-bond acceptors (Lipinski definition) is 3. The standard InChI is InChI=1S/C18H27N3O2S/c1-6-13(3)16-8-10-17(11-9-16)24(22,23)19-12-18-14(4)20-21(7-2)15(18)5/h8-11,13,19H,6-7,12H2,1-5H3. The zero-order valence-corrected chi connectivity index (χ0v) is 15.9. The Labute approximate surface area is 145 Å². The van der Waals surface area contributed by atoms with E-state index >= 15 is 0 Å². The minimum Gasteiger partial charge on any atom is -0.270 e. The van der Waals surface area contributed by atoms with Crippen molar-refractivity contribution in [3.8, 4) is 0 Å². The summed E-state index contributed by atoms with van der Waals surface area (Å²) in [6.07, 6.45) is 1.03. The lowest BCUT2D eigenvalue weighted by Gasteiger charge is -2.11. The van der Waals surface area contributed by atoms with Crippen LogP contribution in [-0.2, 0) is 23.1 Å². The number of nitrogens with one attached hydrogen (secondary N) is 1. The molecule has 1 aromatic carbocycles. The van der Waals surface area contributed by atoms with E-state index in [-0.39, 0.29) is 6.54 Å². The van der Waals surface area contributed by atoms with Crippen molar-refractivity contribution in [3.63, 3.8) is 0 Å². The van der Waals surface area contributed by atoms with Gasteiger partial charge in [-0.15, -0.1) is 0 Å². The Hall–Kier alpha value is -1.66. The SMILES string of the molecule is CCC(C)c1ccc(S(=O)(=O)NCc2c(C)nn(CC)c2C)cc1. The molecule has 1 N–H and O–H groups in total. The molecule has 0 fully saturated rings. The average Bonchev–Trinajstić information content (AvgIpc) is 2.86. The minimum atomic E-state index is -3.53. The molecule has 0 spiro atoms. The fraction of sp³-hybridized carbons (Fsp3) is 0.500. The van der Waals surface area contributed by atoms with Gasteiger partial charge in [0.25, 0.3) is 0 Å². The lowest BCUT2D eigenvalue weighted by atomic mass is 9.99. The number of hydrogen-bond donors (Lipinski definition) is 1. The number of nitrogens with zero attached hydrogens (tertiary/aromatic N) is 2. The van der Waals surface area contributed by atoms with Crippen LogP contribution < -0.4 is 4.72 Å². The van der Waals surface area contributed by atoms with Gasteiger partial charge in [-0.2, -0.15) is 5.10 Å². The van der Waals surface area contributed by atoms with E-state index < -0.39 is 10.0 Å². The third-order valence-corrected chi connectivity index (χ3v) is 6.06. The highest BCUT2D eigenvalue weighted by Gasteiger charge is 2.17. The van der Waals surface area contributed by atoms with Gasteiger partial charge >= 0.3 is 0 Å². The van der Waals surface area contributed by atoms with E-state index in [1.54, 1.807) is 12.1 Å². The molecule has 24 heavy (non-hydrogen) atoms. The van der Waals surface area contributed by atoms with Crippen LogP contribution in [0.4, 0.5) is 0 Å². The van der Waals surface area contributed by atoms with E-state index in [9.17, 15) is 8.42 Å². The quantitative estimate of drug-likeness (QED) is 0.832. The van der Waals surface area contributed by atoms with Gasteiger partial charge in [0, 0.05) is 24.3 Å². The van der Waals surface area contributed by atoms with Gasteiger partial charge in [0.05, 0.1) is 10.6 Å². The van der Waals surface area contributed by atoms with Gasteiger partial charge in [-0.05, 0) is 50.8 Å². The van der Waals surface area contributed by atoms with Crippen molar-refractivity contribution in [2.75, 3.05) is 0 Å². The first-order chi connectivity index (χ1) is 11.3. The normalized spacial score (nSPS) is 13.2. The van der Waals surface area contributed by atoms with Crippen molar-refractivity contribution in [2.45, 2.75) is 64.9 Å². The van der Waals surface area contributed by atoms with E-state index in [0.29, 0.717) is 10.8 Å². The van der Waals surface area contributed by atoms with E-state index in [4.69, 9.17) is 0 Å². The second-order valence-electron chi connectivity index (χ2n) is 6.17. The van der Waals surface area contributed by atoms with Crippen molar-refractivity contribution in [1.82, 2.24) is 14.5 Å². The van der Waals surface area contributed by atoms with E-state index in [1.165, 1.54) is 0 Å². The Morgan fingerprint density at radius 2 is 1.79 bits per heavy atom. The number of sulfonamides is 1. The van der Waals surface area contributed by atoms with Crippen LogP contribution in [0, 0.1) is 13.8 Å². The van der Waals surface area contributed by atoms with E-state index in [0.717, 1.165) is 35.5 Å². The molecular weight excluding hydrogens is 322 g/mol. The molecule has 1 aromatic heterocycles. The molecule has 1 heterocycles. The Kier molecular flexibility index (Phi) is 5.83. The van der Waals surface area contributed by atoms with Crippen LogP contribution in [-0.4, -0.2) is 18.2 Å². The lowest BCUT2D eigenvalue weighted by molar-refractivity contribution is 0.580. The highest BCUT2D eigenvalue weighted by molar-refractivity contribution is 7.89. The molecule has 1 atom stereocenters. The first-order valence-electron chi connectivity index (χ1n) is 8.42. The van der Waals surface area contributed by atoms with Crippen LogP contribution in [0.3, 0.4) is 0 Å². The van der Waals surface area contributed by atoms with Gasteiger partial charge in [0.2, 0.25) is 10.0 Å². The topological polar surface area (TPSA) is 64.0 Å². The minimum absolute atomic E-state index is 0.257. The molecular formula is C18H27N3O2S. The molecule has 0 aliphatic heterocycles. The van der Waals surface area contributed by atoms with Gasteiger partial charge in [-0.25, -0.2) is 13.1 Å². The first-order valence-corrected chi connectivity index (χ1v) is 9.91. The van der Waals surface area contributed by atoms with Crippen molar-refractivity contribution in [2.24, 2.45) is 0 Å². The maximum absolute atomic E-state index is 12.5. The van der Waals surface area contributed by atoms with Crippen molar-refractivity contribution in [3.05, 3.63) is 46.8 Å². The average molecular weight is 350 g/mol. The predicted octanol–water partition coefficient (Wildman–Crippen LogP) is 3.51. The summed E-state index contributed by atoms with van der Waals surface area (Å²) in [5, 5.41) is 4.42. The lowest BCUT2D eigenvalue weighted by Crippen LogP contribution is -2.23. The van der Waals surface area contributed by atoms with Gasteiger partial charge < -0.3 is 0 Å². The van der Waals surface area contributed by atoms with Gasteiger partial charge in [-0.3, -0.25) is 4.68 Å². The number of aromatic nitrogens is 2. The summed E-state index contributed by atoms with van der Waals surface area (Å²) in [6.45, 7) is 11.2. The summed E-state index contributed by atoms with van der Waals surface area (Å²) in [4.78, 5) is 0.299. The molecule has 2 rings (SSSR count). The number of aryl methyl sites for hydroxylation is 2. The monoisotopic (exact) mass is 349 g/mol. The molecule has 0 aliphatic carbocycles. The zero-order valence-electron chi connectivity index (χ0n) is 15.1. The highest BCUT2D eigenvalue weighted by Crippen LogP contribution is 2.21. The van der Waals surface area contributed by atoms with Crippen molar-refractivity contribution < 1.29 is 8.42 Å². The van der Waals surface area contributed by atoms with Crippen LogP contribution in [0.1, 0.15) is 55.6 Å². The molecule has 2 aromatic rings. The summed E-state index contributed by atoms with van der Waals surface area (Å²) < 4.78 is 29.6. The maximum atomic E-state index is 12.5. The van der Waals surface area contributed by atoms with Crippen LogP contribution in [0.5, 0.6) is 0 Å². The smallest absolute Gasteiger partial charge is 0.240 e. The maximum Gasteiger partial charge on any atom is 0.240 e. The van der Waals surface area contributed by atoms with E-state index in [2.05, 4.69) is 23.7 Å². The zero-order chi connectivity index (χ0) is 17.9. The van der Waals surface area contributed by atoms with Crippen molar-refractivity contribution >= 4 is 10.0 Å². The van der Waals surface area contributed by atoms with Crippen LogP contribution in [0.25, 0.3) is 0 Å². The molecule has 0 saturated heterocycles. The second-order valence-corrected chi connectivity index (χ2v) is 7.93. The van der Waals surface area contributed by atoms with Gasteiger partial charge in [0.1, 0.15) is 0 Å². The molecule has 6 heteroatoms. The van der Waals surface area contributed by atoms with E-state index in [1.807, 2.05) is 37.6 Å².